The molecule has 0 aromatic heterocycles. The predicted molar refractivity (Wildman–Crippen MR) is 70.4 cm³/mol. The van der Waals surface area contributed by atoms with E-state index in [0.29, 0.717) is 30.6 Å². The molecule has 0 aliphatic carbocycles. The van der Waals surface area contributed by atoms with Crippen LogP contribution in [0.2, 0.25) is 0 Å². The van der Waals surface area contributed by atoms with E-state index in [9.17, 15) is 14.0 Å². The first-order valence-electron chi connectivity index (χ1n) is 6.61. The lowest BCUT2D eigenvalue weighted by atomic mass is 9.93. The van der Waals surface area contributed by atoms with Gasteiger partial charge in [-0.25, -0.2) is 4.39 Å². The molecule has 1 aromatic carbocycles. The molecule has 1 unspecified atom stereocenters. The highest BCUT2D eigenvalue weighted by molar-refractivity contribution is 5.95. The van der Waals surface area contributed by atoms with Crippen LogP contribution < -0.4 is 0 Å². The number of benzene rings is 1. The third-order valence-electron chi connectivity index (χ3n) is 3.71. The van der Waals surface area contributed by atoms with Gasteiger partial charge in [0.2, 0.25) is 0 Å². The molecule has 1 aromatic rings. The van der Waals surface area contributed by atoms with Crippen LogP contribution in [0.3, 0.4) is 0 Å². The largest absolute Gasteiger partial charge is 0.337 e. The molecule has 0 N–H and O–H groups in total. The molecule has 1 heterocycles. The highest BCUT2D eigenvalue weighted by Crippen LogP contribution is 2.19. The zero-order valence-corrected chi connectivity index (χ0v) is 11.3. The summed E-state index contributed by atoms with van der Waals surface area (Å²) in [7, 11) is 0. The highest BCUT2D eigenvalue weighted by Gasteiger charge is 2.29. The summed E-state index contributed by atoms with van der Waals surface area (Å²) < 4.78 is 13.2. The summed E-state index contributed by atoms with van der Waals surface area (Å²) in [4.78, 5) is 25.7. The predicted octanol–water partition coefficient (Wildman–Crippen LogP) is 2.58. The fraction of sp³-hybridized carbons (Fsp3) is 0.467. The molecule has 2 rings (SSSR count). The van der Waals surface area contributed by atoms with Crippen LogP contribution in [-0.2, 0) is 4.79 Å². The van der Waals surface area contributed by atoms with Gasteiger partial charge in [-0.3, -0.25) is 9.59 Å². The topological polar surface area (TPSA) is 37.4 Å². The summed E-state index contributed by atoms with van der Waals surface area (Å²) in [5, 5.41) is 0. The molecular weight excluding hydrogens is 245 g/mol. The minimum atomic E-state index is -0.309. The van der Waals surface area contributed by atoms with E-state index < -0.39 is 0 Å². The fourth-order valence-electron chi connectivity index (χ4n) is 2.41. The van der Waals surface area contributed by atoms with Crippen LogP contribution in [0.4, 0.5) is 4.39 Å². The average molecular weight is 263 g/mol. The van der Waals surface area contributed by atoms with Crippen LogP contribution in [0, 0.1) is 18.7 Å². The van der Waals surface area contributed by atoms with Gasteiger partial charge in [0.25, 0.3) is 5.91 Å². The number of hydrogen-bond acceptors (Lipinski definition) is 2. The van der Waals surface area contributed by atoms with E-state index in [2.05, 4.69) is 0 Å². The minimum Gasteiger partial charge on any atom is -0.337 e. The van der Waals surface area contributed by atoms with Gasteiger partial charge in [0.15, 0.2) is 0 Å². The summed E-state index contributed by atoms with van der Waals surface area (Å²) in [6, 6.07) is 4.38. The van der Waals surface area contributed by atoms with Crippen molar-refractivity contribution in [3.05, 3.63) is 35.1 Å². The molecule has 0 saturated carbocycles. The van der Waals surface area contributed by atoms with Crippen LogP contribution in [-0.4, -0.2) is 29.7 Å². The number of amides is 1. The van der Waals surface area contributed by atoms with Gasteiger partial charge in [-0.1, -0.05) is 6.92 Å². The number of nitrogens with zero attached hydrogens (tertiary/aromatic N) is 1. The number of piperidine rings is 1. The smallest absolute Gasteiger partial charge is 0.253 e. The van der Waals surface area contributed by atoms with Gasteiger partial charge in [0.1, 0.15) is 11.6 Å². The Bertz CT molecular complexity index is 513. The Morgan fingerprint density at radius 2 is 2.21 bits per heavy atom. The number of rotatable bonds is 2. The van der Waals surface area contributed by atoms with E-state index in [1.807, 2.05) is 6.92 Å². The molecule has 0 spiro atoms. The van der Waals surface area contributed by atoms with Crippen molar-refractivity contribution in [2.75, 3.05) is 13.1 Å². The van der Waals surface area contributed by atoms with E-state index in [-0.39, 0.29) is 23.4 Å². The van der Waals surface area contributed by atoms with Crippen molar-refractivity contribution >= 4 is 11.7 Å². The van der Waals surface area contributed by atoms with Crippen molar-refractivity contribution in [3.63, 3.8) is 0 Å². The molecule has 1 atom stereocenters. The standard InChI is InChI=1S/C15H18FNO2/c1-3-11-9-17(7-6-14(11)18)15(19)12-4-5-13(16)10(2)8-12/h4-5,8,11H,3,6-7,9H2,1-2H3. The second-order valence-corrected chi connectivity index (χ2v) is 5.04. The molecule has 1 aliphatic heterocycles. The first kappa shape index (κ1) is 13.7. The normalized spacial score (nSPS) is 19.6. The van der Waals surface area contributed by atoms with E-state index in [0.717, 1.165) is 6.42 Å². The molecule has 1 aliphatic rings. The van der Waals surface area contributed by atoms with Crippen molar-refractivity contribution < 1.29 is 14.0 Å². The lowest BCUT2D eigenvalue weighted by molar-refractivity contribution is -0.125. The first-order valence-corrected chi connectivity index (χ1v) is 6.61. The van der Waals surface area contributed by atoms with Crippen LogP contribution >= 0.6 is 0 Å². The van der Waals surface area contributed by atoms with Crippen LogP contribution in [0.5, 0.6) is 0 Å². The third-order valence-corrected chi connectivity index (χ3v) is 3.71. The third kappa shape index (κ3) is 2.83. The number of aryl methyl sites for hydroxylation is 1. The number of Topliss-reactive ketones (excluding diaryl/α,β-unsaturated/α-hetero) is 1. The summed E-state index contributed by atoms with van der Waals surface area (Å²) in [5.74, 6) is -0.244. The van der Waals surface area contributed by atoms with E-state index >= 15 is 0 Å². The SMILES string of the molecule is CCC1CN(C(=O)c2ccc(F)c(C)c2)CCC1=O. The number of likely N-dealkylation sites (tertiary alicyclic amines) is 1. The number of carbonyl (C=O) groups excluding carboxylic acids is 2. The number of ketones is 1. The van der Waals surface area contributed by atoms with Crippen molar-refractivity contribution in [2.24, 2.45) is 5.92 Å². The second kappa shape index (κ2) is 5.51. The summed E-state index contributed by atoms with van der Waals surface area (Å²) in [6.07, 6.45) is 1.18. The van der Waals surface area contributed by atoms with Gasteiger partial charge in [-0.2, -0.15) is 0 Å². The summed E-state index contributed by atoms with van der Waals surface area (Å²) in [6.45, 7) is 4.54. The lowest BCUT2D eigenvalue weighted by Gasteiger charge is -2.31. The summed E-state index contributed by atoms with van der Waals surface area (Å²) in [5.41, 5.74) is 0.953. The van der Waals surface area contributed by atoms with Crippen molar-refractivity contribution in [3.8, 4) is 0 Å². The van der Waals surface area contributed by atoms with Crippen molar-refractivity contribution in [2.45, 2.75) is 26.7 Å². The quantitative estimate of drug-likeness (QED) is 0.822. The number of carbonyl (C=O) groups is 2. The van der Waals surface area contributed by atoms with Crippen molar-refractivity contribution in [1.82, 2.24) is 4.90 Å². The molecule has 4 heteroatoms. The Balaban J connectivity index is 2.15. The second-order valence-electron chi connectivity index (χ2n) is 5.04. The Kier molecular flexibility index (Phi) is 3.98. The van der Waals surface area contributed by atoms with Gasteiger partial charge in [-0.15, -0.1) is 0 Å². The van der Waals surface area contributed by atoms with Gasteiger partial charge < -0.3 is 4.90 Å². The minimum absolute atomic E-state index is 0.0563. The Labute approximate surface area is 112 Å². The van der Waals surface area contributed by atoms with Crippen LogP contribution in [0.15, 0.2) is 18.2 Å². The van der Waals surface area contributed by atoms with E-state index in [1.165, 1.54) is 12.1 Å². The lowest BCUT2D eigenvalue weighted by Crippen LogP contribution is -2.43. The maximum Gasteiger partial charge on any atom is 0.253 e. The monoisotopic (exact) mass is 263 g/mol. The maximum atomic E-state index is 13.2. The first-order chi connectivity index (χ1) is 9.02. The molecule has 1 fully saturated rings. The molecule has 3 nitrogen and oxygen atoms in total. The van der Waals surface area contributed by atoms with Gasteiger partial charge >= 0.3 is 0 Å². The van der Waals surface area contributed by atoms with Gasteiger partial charge in [0, 0.05) is 31.0 Å². The number of hydrogen-bond donors (Lipinski definition) is 0. The highest BCUT2D eigenvalue weighted by atomic mass is 19.1. The molecule has 1 saturated heterocycles. The van der Waals surface area contributed by atoms with E-state index in [4.69, 9.17) is 0 Å². The molecular formula is C15H18FNO2. The Morgan fingerprint density at radius 1 is 1.47 bits per heavy atom. The fourth-order valence-corrected chi connectivity index (χ4v) is 2.41. The van der Waals surface area contributed by atoms with Crippen LogP contribution in [0.25, 0.3) is 0 Å². The Hall–Kier alpha value is -1.71. The zero-order valence-electron chi connectivity index (χ0n) is 11.3. The molecule has 0 radical (unpaired) electrons. The van der Waals surface area contributed by atoms with Gasteiger partial charge in [-0.05, 0) is 37.1 Å². The van der Waals surface area contributed by atoms with Gasteiger partial charge in [0.05, 0.1) is 0 Å². The molecule has 1 amide bonds. The molecule has 0 bridgehead atoms. The maximum absolute atomic E-state index is 13.2. The Morgan fingerprint density at radius 3 is 2.84 bits per heavy atom. The van der Waals surface area contributed by atoms with Crippen LogP contribution in [0.1, 0.15) is 35.7 Å². The molecule has 19 heavy (non-hydrogen) atoms. The van der Waals surface area contributed by atoms with Crippen molar-refractivity contribution in [1.29, 1.82) is 0 Å². The molecule has 102 valence electrons. The zero-order chi connectivity index (χ0) is 14.0. The average Bonchev–Trinajstić information content (AvgIpc) is 2.41. The van der Waals surface area contributed by atoms with E-state index in [1.54, 1.807) is 17.9 Å². The summed E-state index contributed by atoms with van der Waals surface area (Å²) >= 11 is 0. The number of halogens is 1.